The van der Waals surface area contributed by atoms with Gasteiger partial charge in [0.1, 0.15) is 12.7 Å². The van der Waals surface area contributed by atoms with E-state index < -0.39 is 30.6 Å². The van der Waals surface area contributed by atoms with Gasteiger partial charge in [-0.05, 0) is 0 Å². The van der Waals surface area contributed by atoms with Crippen molar-refractivity contribution in [3.05, 3.63) is 0 Å². The third-order valence-corrected chi connectivity index (χ3v) is 1.98. The van der Waals surface area contributed by atoms with E-state index in [4.69, 9.17) is 9.47 Å². The van der Waals surface area contributed by atoms with Crippen molar-refractivity contribution in [3.63, 3.8) is 0 Å². The van der Waals surface area contributed by atoms with Gasteiger partial charge >= 0.3 is 12.1 Å². The summed E-state index contributed by atoms with van der Waals surface area (Å²) >= 11 is 0. The normalized spacial score (nSPS) is 28.6. The zero-order chi connectivity index (χ0) is 12.1. The molecule has 1 rings (SSSR count). The average molecular weight is 234 g/mol. The minimum Gasteiger partial charge on any atom is -0.438 e. The second-order valence-corrected chi connectivity index (χ2v) is 3.30. The standard InChI is InChI=1S/C9H14O7/c1-5(10)15-8-7(11)3-6(16-8)4-14-9(12)13-2/h6-8,11H,3-4H2,1-2H3/t6-,7+,8?/m0/s1. The molecule has 1 saturated heterocycles. The summed E-state index contributed by atoms with van der Waals surface area (Å²) in [6.07, 6.45) is -3.00. The maximum atomic E-state index is 10.7. The molecule has 1 unspecified atom stereocenters. The Morgan fingerprint density at radius 3 is 2.75 bits per heavy atom. The lowest BCUT2D eigenvalue weighted by Gasteiger charge is -2.14. The molecule has 92 valence electrons. The smallest absolute Gasteiger partial charge is 0.438 e. The quantitative estimate of drug-likeness (QED) is 0.676. The van der Waals surface area contributed by atoms with Crippen LogP contribution >= 0.6 is 0 Å². The number of ether oxygens (including phenoxy) is 4. The van der Waals surface area contributed by atoms with Gasteiger partial charge in [0.15, 0.2) is 0 Å². The van der Waals surface area contributed by atoms with Gasteiger partial charge in [0, 0.05) is 13.3 Å². The van der Waals surface area contributed by atoms with E-state index in [1.807, 2.05) is 0 Å². The Balaban J connectivity index is 2.32. The van der Waals surface area contributed by atoms with Crippen LogP contribution in [0.4, 0.5) is 4.79 Å². The SMILES string of the molecule is COC(=O)OC[C@@H]1C[C@@H](O)C(OC(C)=O)O1. The number of aliphatic hydroxyl groups excluding tert-OH is 1. The molecule has 0 radical (unpaired) electrons. The first-order chi connectivity index (χ1) is 7.52. The number of carbonyl (C=O) groups excluding carboxylic acids is 2. The molecule has 0 aliphatic carbocycles. The van der Waals surface area contributed by atoms with Crippen molar-refractivity contribution in [2.24, 2.45) is 0 Å². The van der Waals surface area contributed by atoms with Crippen LogP contribution in [0.3, 0.4) is 0 Å². The van der Waals surface area contributed by atoms with E-state index in [9.17, 15) is 14.7 Å². The van der Waals surface area contributed by atoms with E-state index in [2.05, 4.69) is 9.47 Å². The van der Waals surface area contributed by atoms with Crippen molar-refractivity contribution in [2.75, 3.05) is 13.7 Å². The van der Waals surface area contributed by atoms with E-state index >= 15 is 0 Å². The molecule has 0 aromatic heterocycles. The third kappa shape index (κ3) is 3.67. The predicted octanol–water partition coefficient (Wildman–Crippen LogP) is -0.192. The number of carbonyl (C=O) groups is 2. The van der Waals surface area contributed by atoms with Crippen LogP contribution in [0, 0.1) is 0 Å². The lowest BCUT2D eigenvalue weighted by atomic mass is 10.2. The van der Waals surface area contributed by atoms with Gasteiger partial charge in [-0.1, -0.05) is 0 Å². The highest BCUT2D eigenvalue weighted by atomic mass is 16.7. The number of esters is 1. The second-order valence-electron chi connectivity index (χ2n) is 3.30. The van der Waals surface area contributed by atoms with Crippen molar-refractivity contribution < 1.29 is 33.6 Å². The third-order valence-electron chi connectivity index (χ3n) is 1.98. The minimum absolute atomic E-state index is 0.0541. The highest BCUT2D eigenvalue weighted by Crippen LogP contribution is 2.21. The summed E-state index contributed by atoms with van der Waals surface area (Å²) in [6, 6.07) is 0. The van der Waals surface area contributed by atoms with Crippen molar-refractivity contribution >= 4 is 12.1 Å². The number of methoxy groups -OCH3 is 1. The average Bonchev–Trinajstić information content (AvgIpc) is 2.55. The number of aliphatic hydroxyl groups is 1. The van der Waals surface area contributed by atoms with Crippen molar-refractivity contribution in [3.8, 4) is 0 Å². The largest absolute Gasteiger partial charge is 0.508 e. The zero-order valence-corrected chi connectivity index (χ0v) is 9.04. The maximum Gasteiger partial charge on any atom is 0.508 e. The molecule has 3 atom stereocenters. The molecule has 1 N–H and O–H groups in total. The van der Waals surface area contributed by atoms with E-state index in [1.165, 1.54) is 14.0 Å². The van der Waals surface area contributed by atoms with Crippen LogP contribution in [-0.4, -0.2) is 49.4 Å². The Morgan fingerprint density at radius 1 is 1.50 bits per heavy atom. The molecular formula is C9H14O7. The molecule has 0 bridgehead atoms. The molecule has 7 nitrogen and oxygen atoms in total. The molecule has 7 heteroatoms. The Bertz CT molecular complexity index is 265. The van der Waals surface area contributed by atoms with Crippen molar-refractivity contribution in [2.45, 2.75) is 31.8 Å². The minimum atomic E-state index is -0.997. The highest BCUT2D eigenvalue weighted by molar-refractivity contribution is 5.66. The Labute approximate surface area is 92.2 Å². The monoisotopic (exact) mass is 234 g/mol. The van der Waals surface area contributed by atoms with Crippen molar-refractivity contribution in [1.29, 1.82) is 0 Å². The lowest BCUT2D eigenvalue weighted by Crippen LogP contribution is -2.26. The first-order valence-corrected chi connectivity index (χ1v) is 4.74. The van der Waals surface area contributed by atoms with E-state index in [0.29, 0.717) is 0 Å². The summed E-state index contributed by atoms with van der Waals surface area (Å²) in [7, 11) is 1.19. The van der Waals surface area contributed by atoms with Gasteiger partial charge in [-0.3, -0.25) is 4.79 Å². The van der Waals surface area contributed by atoms with E-state index in [0.717, 1.165) is 0 Å². The van der Waals surface area contributed by atoms with Gasteiger partial charge < -0.3 is 24.1 Å². The molecule has 16 heavy (non-hydrogen) atoms. The molecule has 0 aromatic rings. The summed E-state index contributed by atoms with van der Waals surface area (Å²) in [5.74, 6) is -0.543. The van der Waals surface area contributed by atoms with Crippen LogP contribution in [0.2, 0.25) is 0 Å². The topological polar surface area (TPSA) is 91.3 Å². The molecule has 1 aliphatic heterocycles. The van der Waals surface area contributed by atoms with Crippen LogP contribution in [0.15, 0.2) is 0 Å². The molecule has 0 saturated carbocycles. The van der Waals surface area contributed by atoms with Gasteiger partial charge in [-0.2, -0.15) is 0 Å². The van der Waals surface area contributed by atoms with Crippen molar-refractivity contribution in [1.82, 2.24) is 0 Å². The highest BCUT2D eigenvalue weighted by Gasteiger charge is 2.36. The number of hydrogen-bond donors (Lipinski definition) is 1. The molecule has 0 spiro atoms. The fourth-order valence-electron chi connectivity index (χ4n) is 1.31. The summed E-state index contributed by atoms with van der Waals surface area (Å²) < 4.78 is 18.8. The molecule has 1 aliphatic rings. The second kappa shape index (κ2) is 5.66. The molecule has 0 amide bonds. The maximum absolute atomic E-state index is 10.7. The Morgan fingerprint density at radius 2 is 2.19 bits per heavy atom. The molecule has 0 aromatic carbocycles. The van der Waals surface area contributed by atoms with Gasteiger partial charge in [-0.15, -0.1) is 0 Å². The van der Waals surface area contributed by atoms with Crippen LogP contribution in [-0.2, 0) is 23.7 Å². The summed E-state index contributed by atoms with van der Waals surface area (Å²) in [5, 5.41) is 9.46. The summed E-state index contributed by atoms with van der Waals surface area (Å²) in [5.41, 5.74) is 0. The van der Waals surface area contributed by atoms with Gasteiger partial charge in [0.25, 0.3) is 0 Å². The predicted molar refractivity (Wildman–Crippen MR) is 49.4 cm³/mol. The van der Waals surface area contributed by atoms with Gasteiger partial charge in [0.2, 0.25) is 6.29 Å². The fourth-order valence-corrected chi connectivity index (χ4v) is 1.31. The summed E-state index contributed by atoms with van der Waals surface area (Å²) in [6.45, 7) is 1.16. The van der Waals surface area contributed by atoms with Crippen LogP contribution < -0.4 is 0 Å². The van der Waals surface area contributed by atoms with E-state index in [1.54, 1.807) is 0 Å². The van der Waals surface area contributed by atoms with Gasteiger partial charge in [-0.25, -0.2) is 4.79 Å². The first-order valence-electron chi connectivity index (χ1n) is 4.74. The van der Waals surface area contributed by atoms with Crippen LogP contribution in [0.1, 0.15) is 13.3 Å². The van der Waals surface area contributed by atoms with Crippen LogP contribution in [0.5, 0.6) is 0 Å². The Hall–Kier alpha value is -1.34. The molecule has 1 heterocycles. The number of rotatable bonds is 3. The molecule has 1 fully saturated rings. The zero-order valence-electron chi connectivity index (χ0n) is 9.04. The summed E-state index contributed by atoms with van der Waals surface area (Å²) in [4.78, 5) is 21.3. The first kappa shape index (κ1) is 12.7. The van der Waals surface area contributed by atoms with Gasteiger partial charge in [0.05, 0.1) is 13.2 Å². The molecular weight excluding hydrogens is 220 g/mol. The lowest BCUT2D eigenvalue weighted by molar-refractivity contribution is -0.187. The van der Waals surface area contributed by atoms with E-state index in [-0.39, 0.29) is 13.0 Å². The van der Waals surface area contributed by atoms with Crippen LogP contribution in [0.25, 0.3) is 0 Å². The fraction of sp³-hybridized carbons (Fsp3) is 0.778. The number of hydrogen-bond acceptors (Lipinski definition) is 7. The Kier molecular flexibility index (Phi) is 4.51.